The van der Waals surface area contributed by atoms with Crippen molar-refractivity contribution in [3.05, 3.63) is 199 Å². The van der Waals surface area contributed by atoms with Crippen molar-refractivity contribution < 1.29 is 4.42 Å². The number of fused-ring (bicyclic) bond motifs is 9. The fourth-order valence-electron chi connectivity index (χ4n) is 8.94. The maximum Gasteiger partial charge on any atom is 0.143 e. The Hall–Kier alpha value is -6.64. The van der Waals surface area contributed by atoms with E-state index in [9.17, 15) is 0 Å². The molecule has 2 heteroatoms. The molecule has 0 amide bonds. The van der Waals surface area contributed by atoms with E-state index >= 15 is 0 Å². The third-order valence-corrected chi connectivity index (χ3v) is 11.4. The molecule has 250 valence electrons. The van der Waals surface area contributed by atoms with E-state index in [1.165, 1.54) is 60.8 Å². The summed E-state index contributed by atoms with van der Waals surface area (Å²) < 4.78 is 8.78. The predicted molar refractivity (Wildman–Crippen MR) is 221 cm³/mol. The molecular formula is C51H35NO. The van der Waals surface area contributed by atoms with Gasteiger partial charge in [0.25, 0.3) is 0 Å². The average Bonchev–Trinajstić information content (AvgIpc) is 3.77. The summed E-state index contributed by atoms with van der Waals surface area (Å²) in [7, 11) is 0. The second-order valence-corrected chi connectivity index (χ2v) is 14.5. The molecular weight excluding hydrogens is 643 g/mol. The molecule has 0 saturated heterocycles. The Morgan fingerprint density at radius 3 is 2.06 bits per heavy atom. The standard InChI is InChI=1S/C51H35NO/c1-2-11-33(12-3-1)29-38-30-37-13-4-5-14-40(37)46-31-35(23-27-41(38)46)36-24-28-49-47(32-36)43-15-6-8-19-48(43)52(49)39-25-21-34(22-26-39)42-17-10-18-45-44-16-7-9-20-50(44)53-51(42)45/h1-28,31-32,38H,29-30H2. The van der Waals surface area contributed by atoms with Crippen molar-refractivity contribution in [2.24, 2.45) is 0 Å². The van der Waals surface area contributed by atoms with Crippen molar-refractivity contribution in [2.75, 3.05) is 0 Å². The molecule has 2 aromatic heterocycles. The van der Waals surface area contributed by atoms with Gasteiger partial charge in [-0.1, -0.05) is 140 Å². The first-order valence-electron chi connectivity index (χ1n) is 18.6. The number of benzene rings is 8. The van der Waals surface area contributed by atoms with Crippen molar-refractivity contribution in [2.45, 2.75) is 18.8 Å². The van der Waals surface area contributed by atoms with Gasteiger partial charge in [0, 0.05) is 32.8 Å². The molecule has 0 spiro atoms. The van der Waals surface area contributed by atoms with Gasteiger partial charge in [-0.3, -0.25) is 0 Å². The van der Waals surface area contributed by atoms with E-state index in [2.05, 4.69) is 174 Å². The molecule has 0 radical (unpaired) electrons. The second-order valence-electron chi connectivity index (χ2n) is 14.5. The van der Waals surface area contributed by atoms with Crippen molar-refractivity contribution in [3.63, 3.8) is 0 Å². The average molecular weight is 678 g/mol. The van der Waals surface area contributed by atoms with Gasteiger partial charge in [-0.05, 0) is 106 Å². The lowest BCUT2D eigenvalue weighted by Gasteiger charge is -2.28. The van der Waals surface area contributed by atoms with Crippen LogP contribution in [-0.4, -0.2) is 4.57 Å². The number of hydrogen-bond donors (Lipinski definition) is 0. The lowest BCUT2D eigenvalue weighted by atomic mass is 9.75. The van der Waals surface area contributed by atoms with Crippen LogP contribution >= 0.6 is 0 Å². The zero-order valence-corrected chi connectivity index (χ0v) is 29.2. The normalized spacial score (nSPS) is 13.8. The van der Waals surface area contributed by atoms with Gasteiger partial charge in [0.2, 0.25) is 0 Å². The molecule has 0 bridgehead atoms. The Balaban J connectivity index is 0.997. The van der Waals surface area contributed by atoms with Crippen LogP contribution in [0.3, 0.4) is 0 Å². The third kappa shape index (κ3) is 4.87. The highest BCUT2D eigenvalue weighted by Crippen LogP contribution is 2.44. The van der Waals surface area contributed by atoms with E-state index in [0.717, 1.165) is 51.6 Å². The summed E-state index contributed by atoms with van der Waals surface area (Å²) in [5.41, 5.74) is 17.2. The number of nitrogens with zero attached hydrogens (tertiary/aromatic N) is 1. The van der Waals surface area contributed by atoms with Gasteiger partial charge in [0.15, 0.2) is 0 Å². The molecule has 1 aliphatic rings. The maximum absolute atomic E-state index is 6.38. The van der Waals surface area contributed by atoms with Gasteiger partial charge in [-0.15, -0.1) is 0 Å². The molecule has 2 nitrogen and oxygen atoms in total. The summed E-state index contributed by atoms with van der Waals surface area (Å²) >= 11 is 0. The Morgan fingerprint density at radius 2 is 1.15 bits per heavy atom. The monoisotopic (exact) mass is 677 g/mol. The fourth-order valence-corrected chi connectivity index (χ4v) is 8.94. The topological polar surface area (TPSA) is 18.1 Å². The summed E-state index contributed by atoms with van der Waals surface area (Å²) in [5.74, 6) is 0.454. The van der Waals surface area contributed by atoms with E-state index in [1.54, 1.807) is 0 Å². The van der Waals surface area contributed by atoms with Gasteiger partial charge in [-0.25, -0.2) is 0 Å². The molecule has 0 N–H and O–H groups in total. The molecule has 2 heterocycles. The molecule has 0 fully saturated rings. The molecule has 53 heavy (non-hydrogen) atoms. The SMILES string of the molecule is c1ccc(CC2Cc3ccccc3-c3cc(-c4ccc5c(c4)c4ccccc4n5-c4ccc(-c5cccc6c5oc5ccccc56)cc4)ccc32)cc1. The number of rotatable bonds is 5. The molecule has 1 aliphatic carbocycles. The van der Waals surface area contributed by atoms with Gasteiger partial charge in [0.1, 0.15) is 11.2 Å². The molecule has 8 aromatic carbocycles. The van der Waals surface area contributed by atoms with Crippen LogP contribution in [0.1, 0.15) is 22.6 Å². The van der Waals surface area contributed by atoms with E-state index in [1.807, 2.05) is 12.1 Å². The first-order chi connectivity index (χ1) is 26.3. The summed E-state index contributed by atoms with van der Waals surface area (Å²) in [6.07, 6.45) is 2.11. The maximum atomic E-state index is 6.38. The van der Waals surface area contributed by atoms with E-state index in [4.69, 9.17) is 4.42 Å². The van der Waals surface area contributed by atoms with Crippen LogP contribution in [0.5, 0.6) is 0 Å². The van der Waals surface area contributed by atoms with Crippen molar-refractivity contribution in [1.82, 2.24) is 4.57 Å². The fraction of sp³-hybridized carbons (Fsp3) is 0.0588. The minimum absolute atomic E-state index is 0.454. The summed E-state index contributed by atoms with van der Waals surface area (Å²) in [4.78, 5) is 0. The van der Waals surface area contributed by atoms with Crippen molar-refractivity contribution >= 4 is 43.7 Å². The Labute approximate surface area is 308 Å². The quantitative estimate of drug-likeness (QED) is 0.177. The van der Waals surface area contributed by atoms with E-state index < -0.39 is 0 Å². The van der Waals surface area contributed by atoms with Crippen molar-refractivity contribution in [3.8, 4) is 39.1 Å². The Morgan fingerprint density at radius 1 is 0.472 bits per heavy atom. The van der Waals surface area contributed by atoms with Gasteiger partial charge in [0.05, 0.1) is 11.0 Å². The van der Waals surface area contributed by atoms with Crippen LogP contribution in [-0.2, 0) is 12.8 Å². The second kappa shape index (κ2) is 12.0. The number of hydrogen-bond acceptors (Lipinski definition) is 1. The Bertz CT molecular complexity index is 3000. The predicted octanol–water partition coefficient (Wildman–Crippen LogP) is 13.6. The van der Waals surface area contributed by atoms with Gasteiger partial charge < -0.3 is 8.98 Å². The number of aromatic nitrogens is 1. The van der Waals surface area contributed by atoms with Gasteiger partial charge in [-0.2, -0.15) is 0 Å². The summed E-state index contributed by atoms with van der Waals surface area (Å²) in [6, 6.07) is 66.5. The van der Waals surface area contributed by atoms with E-state index in [0.29, 0.717) is 5.92 Å². The number of para-hydroxylation sites is 3. The molecule has 10 aromatic rings. The largest absolute Gasteiger partial charge is 0.455 e. The number of furan rings is 1. The van der Waals surface area contributed by atoms with Crippen LogP contribution in [0.15, 0.2) is 186 Å². The highest BCUT2D eigenvalue weighted by molar-refractivity contribution is 6.11. The highest BCUT2D eigenvalue weighted by atomic mass is 16.3. The lowest BCUT2D eigenvalue weighted by molar-refractivity contribution is 0.670. The van der Waals surface area contributed by atoms with E-state index in [-0.39, 0.29) is 0 Å². The van der Waals surface area contributed by atoms with Crippen LogP contribution in [0.25, 0.3) is 82.8 Å². The minimum Gasteiger partial charge on any atom is -0.455 e. The summed E-state index contributed by atoms with van der Waals surface area (Å²) in [5, 5.41) is 4.81. The highest BCUT2D eigenvalue weighted by Gasteiger charge is 2.25. The van der Waals surface area contributed by atoms with Gasteiger partial charge >= 0.3 is 0 Å². The van der Waals surface area contributed by atoms with Crippen LogP contribution < -0.4 is 0 Å². The first kappa shape index (κ1) is 30.0. The zero-order chi connectivity index (χ0) is 34.9. The molecule has 0 saturated carbocycles. The third-order valence-electron chi connectivity index (χ3n) is 11.4. The van der Waals surface area contributed by atoms with Crippen LogP contribution in [0.2, 0.25) is 0 Å². The van der Waals surface area contributed by atoms with Crippen molar-refractivity contribution in [1.29, 1.82) is 0 Å². The first-order valence-corrected chi connectivity index (χ1v) is 18.6. The molecule has 0 aliphatic heterocycles. The molecule has 11 rings (SSSR count). The van der Waals surface area contributed by atoms with Crippen LogP contribution in [0, 0.1) is 0 Å². The smallest absolute Gasteiger partial charge is 0.143 e. The molecule has 1 unspecified atom stereocenters. The minimum atomic E-state index is 0.454. The lowest BCUT2D eigenvalue weighted by Crippen LogP contribution is -2.13. The Kier molecular flexibility index (Phi) is 6.78. The summed E-state index contributed by atoms with van der Waals surface area (Å²) in [6.45, 7) is 0. The molecule has 1 atom stereocenters. The zero-order valence-electron chi connectivity index (χ0n) is 29.2. The van der Waals surface area contributed by atoms with Crippen LogP contribution in [0.4, 0.5) is 0 Å².